The Morgan fingerprint density at radius 1 is 1.32 bits per heavy atom. The third-order valence-corrected chi connectivity index (χ3v) is 8.24. The van der Waals surface area contributed by atoms with Crippen LogP contribution in [0.25, 0.3) is 0 Å². The first-order valence-electron chi connectivity index (χ1n) is 6.53. The van der Waals surface area contributed by atoms with E-state index in [2.05, 4.69) is 68.8 Å². The number of rotatable bonds is 3. The highest BCUT2D eigenvalue weighted by Crippen LogP contribution is 2.36. The summed E-state index contributed by atoms with van der Waals surface area (Å²) in [5.41, 5.74) is 0. The zero-order valence-electron chi connectivity index (χ0n) is 11.2. The first kappa shape index (κ1) is 16.7. The van der Waals surface area contributed by atoms with Crippen LogP contribution >= 0.6 is 45.2 Å². The minimum absolute atomic E-state index is 0.270. The number of alkyl halides is 2. The third kappa shape index (κ3) is 3.55. The molecule has 2 rings (SSSR count). The molecule has 4 unspecified atom stereocenters. The van der Waals surface area contributed by atoms with Crippen molar-refractivity contribution >= 4 is 55.2 Å². The van der Waals surface area contributed by atoms with E-state index >= 15 is 0 Å². The monoisotopic (exact) mass is 513 g/mol. The molecule has 0 aromatic heterocycles. The molecule has 2 N–H and O–H groups in total. The molecule has 19 heavy (non-hydrogen) atoms. The molecule has 2 fully saturated rings. The Labute approximate surface area is 143 Å². The van der Waals surface area contributed by atoms with Gasteiger partial charge in [0, 0.05) is 25.2 Å². The summed E-state index contributed by atoms with van der Waals surface area (Å²) in [6.07, 6.45) is 1.32. The van der Waals surface area contributed by atoms with Crippen molar-refractivity contribution in [3.05, 3.63) is 0 Å². The van der Waals surface area contributed by atoms with E-state index in [1.54, 1.807) is 0 Å². The Kier molecular flexibility index (Phi) is 5.43. The van der Waals surface area contributed by atoms with Gasteiger partial charge in [0.2, 0.25) is 10.0 Å². The van der Waals surface area contributed by atoms with Crippen LogP contribution in [0.5, 0.6) is 0 Å². The normalized spacial score (nSPS) is 38.4. The van der Waals surface area contributed by atoms with E-state index in [9.17, 15) is 8.42 Å². The average molecular weight is 513 g/mol. The number of hydrogen-bond acceptors (Lipinski definition) is 4. The number of piperidine rings is 1. The van der Waals surface area contributed by atoms with Crippen molar-refractivity contribution in [1.29, 1.82) is 0 Å². The lowest BCUT2D eigenvalue weighted by Gasteiger charge is -2.54. The van der Waals surface area contributed by atoms with Crippen molar-refractivity contribution < 1.29 is 8.42 Å². The molecule has 2 saturated heterocycles. The van der Waals surface area contributed by atoms with Crippen molar-refractivity contribution in [2.45, 2.75) is 52.1 Å². The number of sulfonamides is 1. The predicted octanol–water partition coefficient (Wildman–Crippen LogP) is 1.35. The molecular formula is C11H21I2N3O2S. The van der Waals surface area contributed by atoms with Crippen LogP contribution < -0.4 is 5.14 Å². The van der Waals surface area contributed by atoms with Gasteiger partial charge in [-0.1, -0.05) is 45.2 Å². The molecule has 112 valence electrons. The molecular weight excluding hydrogens is 492 g/mol. The van der Waals surface area contributed by atoms with Gasteiger partial charge >= 0.3 is 0 Å². The van der Waals surface area contributed by atoms with Gasteiger partial charge in [0.1, 0.15) is 0 Å². The molecule has 0 aromatic rings. The lowest BCUT2D eigenvalue weighted by atomic mass is 10.0. The number of halogens is 2. The van der Waals surface area contributed by atoms with E-state index in [-0.39, 0.29) is 9.30 Å². The highest BCUT2D eigenvalue weighted by Gasteiger charge is 2.46. The van der Waals surface area contributed by atoms with Crippen LogP contribution in [-0.2, 0) is 10.0 Å². The number of nitrogens with zero attached hydrogens (tertiary/aromatic N) is 2. The number of likely N-dealkylation sites (tertiary alicyclic amines) is 2. The molecule has 0 aliphatic carbocycles. The largest absolute Gasteiger partial charge is 0.286 e. The van der Waals surface area contributed by atoms with Gasteiger partial charge in [0.15, 0.2) is 0 Å². The summed E-state index contributed by atoms with van der Waals surface area (Å²) < 4.78 is 23.7. The Morgan fingerprint density at radius 2 is 1.95 bits per heavy atom. The molecule has 2 heterocycles. The van der Waals surface area contributed by atoms with Crippen molar-refractivity contribution in [3.63, 3.8) is 0 Å². The molecule has 0 saturated carbocycles. The highest BCUT2D eigenvalue weighted by atomic mass is 127. The van der Waals surface area contributed by atoms with Gasteiger partial charge in [-0.3, -0.25) is 9.80 Å². The van der Waals surface area contributed by atoms with Crippen molar-refractivity contribution in [2.75, 3.05) is 13.1 Å². The van der Waals surface area contributed by atoms with E-state index in [0.717, 1.165) is 13.1 Å². The van der Waals surface area contributed by atoms with Crippen LogP contribution in [0, 0.1) is 0 Å². The van der Waals surface area contributed by atoms with Gasteiger partial charge in [-0.25, -0.2) is 13.6 Å². The van der Waals surface area contributed by atoms with Crippen molar-refractivity contribution in [3.8, 4) is 0 Å². The van der Waals surface area contributed by atoms with E-state index in [4.69, 9.17) is 5.14 Å². The first-order valence-corrected chi connectivity index (χ1v) is 10.6. The quantitative estimate of drug-likeness (QED) is 0.352. The molecule has 0 radical (unpaired) electrons. The summed E-state index contributed by atoms with van der Waals surface area (Å²) in [5, 5.41) is 4.91. The Hall–Kier alpha value is 1.29. The second kappa shape index (κ2) is 6.19. The third-order valence-electron chi connectivity index (χ3n) is 4.11. The smallest absolute Gasteiger partial charge is 0.212 e. The van der Waals surface area contributed by atoms with Crippen LogP contribution in [0.4, 0.5) is 0 Å². The second-order valence-corrected chi connectivity index (χ2v) is 10.2. The number of primary sulfonamides is 1. The lowest BCUT2D eigenvalue weighted by molar-refractivity contribution is -0.00807. The maximum absolute atomic E-state index is 11.4. The SMILES string of the molecule is CC(C)N1CC(N2CCC(S(N)(=O)=O)CC2I)C1I. The van der Waals surface area contributed by atoms with Gasteiger partial charge in [0.05, 0.1) is 13.3 Å². The topological polar surface area (TPSA) is 66.6 Å². The van der Waals surface area contributed by atoms with Crippen LogP contribution in [0.1, 0.15) is 26.7 Å². The minimum Gasteiger partial charge on any atom is -0.286 e. The summed E-state index contributed by atoms with van der Waals surface area (Å²) in [4.78, 5) is 4.93. The molecule has 5 nitrogen and oxygen atoms in total. The Bertz CT molecular complexity index is 432. The molecule has 0 aromatic carbocycles. The average Bonchev–Trinajstić information content (AvgIpc) is 2.27. The number of hydrogen-bond donors (Lipinski definition) is 1. The lowest BCUT2D eigenvalue weighted by Crippen LogP contribution is -2.68. The van der Waals surface area contributed by atoms with E-state index in [0.29, 0.717) is 29.0 Å². The summed E-state index contributed by atoms with van der Waals surface area (Å²) in [5.74, 6) is 0. The molecule has 2 aliphatic heterocycles. The molecule has 2 aliphatic rings. The highest BCUT2D eigenvalue weighted by molar-refractivity contribution is 14.1. The maximum Gasteiger partial charge on any atom is 0.212 e. The molecule has 0 bridgehead atoms. The van der Waals surface area contributed by atoms with Gasteiger partial charge in [-0.15, -0.1) is 0 Å². The predicted molar refractivity (Wildman–Crippen MR) is 94.1 cm³/mol. The van der Waals surface area contributed by atoms with E-state index in [1.165, 1.54) is 0 Å². The van der Waals surface area contributed by atoms with Crippen LogP contribution in [0.15, 0.2) is 0 Å². The summed E-state index contributed by atoms with van der Waals surface area (Å²) in [7, 11) is -3.38. The summed E-state index contributed by atoms with van der Waals surface area (Å²) in [6.45, 7) is 6.36. The molecule has 8 heteroatoms. The molecule has 0 amide bonds. The molecule has 4 atom stereocenters. The molecule has 0 spiro atoms. The minimum atomic E-state index is -3.38. The fraction of sp³-hybridized carbons (Fsp3) is 1.00. The van der Waals surface area contributed by atoms with Gasteiger partial charge < -0.3 is 0 Å². The zero-order chi connectivity index (χ0) is 14.4. The van der Waals surface area contributed by atoms with Gasteiger partial charge in [0.25, 0.3) is 0 Å². The van der Waals surface area contributed by atoms with Crippen LogP contribution in [0.2, 0.25) is 0 Å². The van der Waals surface area contributed by atoms with Crippen molar-refractivity contribution in [1.82, 2.24) is 9.80 Å². The van der Waals surface area contributed by atoms with Gasteiger partial charge in [-0.05, 0) is 26.7 Å². The maximum atomic E-state index is 11.4. The standard InChI is InChI=1S/C11H21I2N3O2S/c1-7(2)16-6-9(11(16)13)15-4-3-8(5-10(15)12)19(14,17)18/h7-11H,3-6H2,1-2H3,(H2,14,17,18). The summed E-state index contributed by atoms with van der Waals surface area (Å²) >= 11 is 4.87. The summed E-state index contributed by atoms with van der Waals surface area (Å²) in [6, 6.07) is 1.12. The van der Waals surface area contributed by atoms with Gasteiger partial charge in [-0.2, -0.15) is 0 Å². The fourth-order valence-corrected chi connectivity index (χ4v) is 6.87. The Balaban J connectivity index is 1.95. The number of nitrogens with two attached hydrogens (primary N) is 1. The fourth-order valence-electron chi connectivity index (χ4n) is 2.82. The Morgan fingerprint density at radius 3 is 2.37 bits per heavy atom. The van der Waals surface area contributed by atoms with Crippen LogP contribution in [0.3, 0.4) is 0 Å². The first-order chi connectivity index (χ1) is 8.71. The second-order valence-electron chi connectivity index (χ2n) is 5.64. The van der Waals surface area contributed by atoms with E-state index < -0.39 is 10.0 Å². The van der Waals surface area contributed by atoms with Crippen LogP contribution in [-0.4, -0.2) is 56.7 Å². The van der Waals surface area contributed by atoms with E-state index in [1.807, 2.05) is 0 Å². The zero-order valence-corrected chi connectivity index (χ0v) is 16.3. The van der Waals surface area contributed by atoms with Crippen molar-refractivity contribution in [2.24, 2.45) is 5.14 Å².